The van der Waals surface area contributed by atoms with Crippen molar-refractivity contribution in [3.05, 3.63) is 0 Å². The summed E-state index contributed by atoms with van der Waals surface area (Å²) in [5.41, 5.74) is 0.302. The molecule has 2 saturated heterocycles. The molecule has 1 amide bonds. The number of carbonyl (C=O) groups is 1. The van der Waals surface area contributed by atoms with Crippen LogP contribution in [0.1, 0.15) is 71.1 Å². The number of piperidine rings is 1. The molecule has 0 aromatic heterocycles. The van der Waals surface area contributed by atoms with E-state index in [-0.39, 0.29) is 5.91 Å². The molecule has 2 N–H and O–H groups in total. The molecular formula is C21H39N5O. The Morgan fingerprint density at radius 2 is 1.78 bits per heavy atom. The van der Waals surface area contributed by atoms with Gasteiger partial charge in [0.15, 0.2) is 5.96 Å². The van der Waals surface area contributed by atoms with Crippen molar-refractivity contribution < 1.29 is 4.79 Å². The van der Waals surface area contributed by atoms with E-state index in [4.69, 9.17) is 0 Å². The van der Waals surface area contributed by atoms with Crippen LogP contribution in [-0.2, 0) is 4.79 Å². The Balaban J connectivity index is 1.54. The molecule has 154 valence electrons. The third kappa shape index (κ3) is 5.15. The van der Waals surface area contributed by atoms with Crippen LogP contribution in [0.15, 0.2) is 4.99 Å². The van der Waals surface area contributed by atoms with E-state index in [1.54, 1.807) is 0 Å². The zero-order valence-electron chi connectivity index (χ0n) is 17.4. The smallest absolute Gasteiger partial charge is 0.222 e. The number of rotatable bonds is 5. The number of hydrogen-bond donors (Lipinski definition) is 2. The molecule has 1 unspecified atom stereocenters. The van der Waals surface area contributed by atoms with Gasteiger partial charge in [0.2, 0.25) is 5.91 Å². The van der Waals surface area contributed by atoms with Gasteiger partial charge in [0.25, 0.3) is 0 Å². The van der Waals surface area contributed by atoms with Crippen molar-refractivity contribution in [1.82, 2.24) is 20.4 Å². The average Bonchev–Trinajstić information content (AvgIpc) is 3.20. The molecule has 3 rings (SSSR count). The molecule has 0 spiro atoms. The predicted molar refractivity (Wildman–Crippen MR) is 111 cm³/mol. The molecule has 0 bridgehead atoms. The summed E-state index contributed by atoms with van der Waals surface area (Å²) >= 11 is 0. The first-order valence-corrected chi connectivity index (χ1v) is 11.2. The Morgan fingerprint density at radius 1 is 1.07 bits per heavy atom. The van der Waals surface area contributed by atoms with E-state index in [9.17, 15) is 4.79 Å². The number of hydrogen-bond acceptors (Lipinski definition) is 3. The lowest BCUT2D eigenvalue weighted by atomic mass is 9.79. The Morgan fingerprint density at radius 3 is 2.44 bits per heavy atom. The molecule has 1 saturated carbocycles. The van der Waals surface area contributed by atoms with Crippen molar-refractivity contribution in [2.45, 2.75) is 82.7 Å². The normalized spacial score (nSPS) is 26.8. The van der Waals surface area contributed by atoms with E-state index in [0.29, 0.717) is 18.0 Å². The maximum Gasteiger partial charge on any atom is 0.222 e. The summed E-state index contributed by atoms with van der Waals surface area (Å²) in [5, 5.41) is 7.22. The SMILES string of the molecule is CCC(=O)N1CCC(NC(=NC)NCC2(N3CCCCC3)CCCCC2)C1. The van der Waals surface area contributed by atoms with Crippen molar-refractivity contribution in [2.24, 2.45) is 4.99 Å². The summed E-state index contributed by atoms with van der Waals surface area (Å²) in [6, 6.07) is 0.309. The zero-order valence-corrected chi connectivity index (χ0v) is 17.4. The van der Waals surface area contributed by atoms with E-state index in [1.165, 1.54) is 64.5 Å². The van der Waals surface area contributed by atoms with Gasteiger partial charge in [-0.3, -0.25) is 14.7 Å². The minimum Gasteiger partial charge on any atom is -0.355 e. The first kappa shape index (κ1) is 20.4. The van der Waals surface area contributed by atoms with E-state index in [1.807, 2.05) is 18.9 Å². The van der Waals surface area contributed by atoms with Crippen molar-refractivity contribution >= 4 is 11.9 Å². The molecule has 2 heterocycles. The maximum atomic E-state index is 11.9. The number of aliphatic imine (C=N–C) groups is 1. The van der Waals surface area contributed by atoms with Crippen LogP contribution in [-0.4, -0.2) is 73.0 Å². The summed E-state index contributed by atoms with van der Waals surface area (Å²) in [7, 11) is 1.85. The fraction of sp³-hybridized carbons (Fsp3) is 0.905. The third-order valence-corrected chi connectivity index (χ3v) is 6.80. The molecule has 6 nitrogen and oxygen atoms in total. The molecule has 3 fully saturated rings. The highest BCUT2D eigenvalue weighted by molar-refractivity contribution is 5.80. The van der Waals surface area contributed by atoms with E-state index in [2.05, 4.69) is 20.5 Å². The lowest BCUT2D eigenvalue weighted by Crippen LogP contribution is -2.59. The lowest BCUT2D eigenvalue weighted by molar-refractivity contribution is -0.129. The molecule has 0 aromatic rings. The predicted octanol–water partition coefficient (Wildman–Crippen LogP) is 2.35. The summed E-state index contributed by atoms with van der Waals surface area (Å²) in [5.74, 6) is 1.15. The minimum absolute atomic E-state index is 0.258. The Labute approximate surface area is 165 Å². The summed E-state index contributed by atoms with van der Waals surface area (Å²) in [6.45, 7) is 7.09. The van der Waals surface area contributed by atoms with Gasteiger partial charge in [0.05, 0.1) is 0 Å². The fourth-order valence-electron chi connectivity index (χ4n) is 5.15. The van der Waals surface area contributed by atoms with Gasteiger partial charge < -0.3 is 15.5 Å². The van der Waals surface area contributed by atoms with Gasteiger partial charge in [-0.15, -0.1) is 0 Å². The van der Waals surface area contributed by atoms with Gasteiger partial charge in [-0.1, -0.05) is 32.6 Å². The Bertz CT molecular complexity index is 509. The van der Waals surface area contributed by atoms with Crippen LogP contribution in [0.25, 0.3) is 0 Å². The first-order chi connectivity index (χ1) is 13.2. The highest BCUT2D eigenvalue weighted by Gasteiger charge is 2.38. The monoisotopic (exact) mass is 377 g/mol. The highest BCUT2D eigenvalue weighted by atomic mass is 16.2. The quantitative estimate of drug-likeness (QED) is 0.570. The van der Waals surface area contributed by atoms with E-state index < -0.39 is 0 Å². The fourth-order valence-corrected chi connectivity index (χ4v) is 5.15. The van der Waals surface area contributed by atoms with Gasteiger partial charge in [0.1, 0.15) is 0 Å². The van der Waals surface area contributed by atoms with E-state index in [0.717, 1.165) is 32.0 Å². The van der Waals surface area contributed by atoms with Crippen LogP contribution in [0.3, 0.4) is 0 Å². The summed E-state index contributed by atoms with van der Waals surface area (Å²) in [4.78, 5) is 21.1. The molecule has 1 aliphatic carbocycles. The molecule has 1 atom stereocenters. The number of guanidine groups is 1. The molecule has 0 radical (unpaired) electrons. The number of nitrogens with zero attached hydrogens (tertiary/aromatic N) is 3. The van der Waals surface area contributed by atoms with Crippen LogP contribution in [0.2, 0.25) is 0 Å². The van der Waals surface area contributed by atoms with Crippen molar-refractivity contribution in [3.63, 3.8) is 0 Å². The third-order valence-electron chi connectivity index (χ3n) is 6.80. The second kappa shape index (κ2) is 9.76. The van der Waals surface area contributed by atoms with Crippen LogP contribution in [0.5, 0.6) is 0 Å². The topological polar surface area (TPSA) is 60.0 Å². The maximum absolute atomic E-state index is 11.9. The zero-order chi connectivity index (χ0) is 19.1. The van der Waals surface area contributed by atoms with Gasteiger partial charge in [-0.05, 0) is 45.2 Å². The first-order valence-electron chi connectivity index (χ1n) is 11.2. The largest absolute Gasteiger partial charge is 0.355 e. The van der Waals surface area contributed by atoms with Gasteiger partial charge in [-0.25, -0.2) is 0 Å². The number of amides is 1. The average molecular weight is 378 g/mol. The van der Waals surface area contributed by atoms with Crippen molar-refractivity contribution in [2.75, 3.05) is 39.8 Å². The number of likely N-dealkylation sites (tertiary alicyclic amines) is 2. The van der Waals surface area contributed by atoms with Crippen molar-refractivity contribution in [3.8, 4) is 0 Å². The molecule has 0 aromatic carbocycles. The Kier molecular flexibility index (Phi) is 7.39. The Hall–Kier alpha value is -1.30. The van der Waals surface area contributed by atoms with Gasteiger partial charge in [-0.2, -0.15) is 0 Å². The van der Waals surface area contributed by atoms with Crippen LogP contribution < -0.4 is 10.6 Å². The molecule has 27 heavy (non-hydrogen) atoms. The van der Waals surface area contributed by atoms with Gasteiger partial charge in [0, 0.05) is 44.7 Å². The molecule has 3 aliphatic rings. The minimum atomic E-state index is 0.258. The number of nitrogens with one attached hydrogen (secondary N) is 2. The summed E-state index contributed by atoms with van der Waals surface area (Å²) < 4.78 is 0. The van der Waals surface area contributed by atoms with E-state index >= 15 is 0 Å². The van der Waals surface area contributed by atoms with Crippen LogP contribution >= 0.6 is 0 Å². The lowest BCUT2D eigenvalue weighted by Gasteiger charge is -2.48. The summed E-state index contributed by atoms with van der Waals surface area (Å²) in [6.07, 6.45) is 12.4. The molecule has 6 heteroatoms. The van der Waals surface area contributed by atoms with Gasteiger partial charge >= 0.3 is 0 Å². The second-order valence-corrected chi connectivity index (χ2v) is 8.58. The molecular weight excluding hydrogens is 338 g/mol. The second-order valence-electron chi connectivity index (χ2n) is 8.58. The molecule has 2 aliphatic heterocycles. The highest BCUT2D eigenvalue weighted by Crippen LogP contribution is 2.35. The standard InChI is InChI=1S/C21H39N5O/c1-3-19(27)25-15-10-18(16-25)24-20(22-2)23-17-21(11-6-4-7-12-21)26-13-8-5-9-14-26/h18H,3-17H2,1-2H3,(H2,22,23,24). The van der Waals surface area contributed by atoms with Crippen LogP contribution in [0.4, 0.5) is 0 Å². The number of carbonyl (C=O) groups excluding carboxylic acids is 1. The van der Waals surface area contributed by atoms with Crippen molar-refractivity contribution in [1.29, 1.82) is 0 Å². The van der Waals surface area contributed by atoms with Crippen LogP contribution in [0, 0.1) is 0 Å².